The molecule has 0 radical (unpaired) electrons. The van der Waals surface area contributed by atoms with Gasteiger partial charge in [0.25, 0.3) is 0 Å². The fourth-order valence-corrected chi connectivity index (χ4v) is 6.09. The molecular formula is C33H46N4O5. The van der Waals surface area contributed by atoms with Crippen LogP contribution >= 0.6 is 0 Å². The summed E-state index contributed by atoms with van der Waals surface area (Å²) < 4.78 is 5.59. The van der Waals surface area contributed by atoms with E-state index in [1.807, 2.05) is 29.2 Å². The van der Waals surface area contributed by atoms with Crippen molar-refractivity contribution in [3.05, 3.63) is 55.1 Å². The molecule has 4 rings (SSSR count). The Morgan fingerprint density at radius 1 is 0.952 bits per heavy atom. The highest BCUT2D eigenvalue weighted by Gasteiger charge is 2.41. The maximum Gasteiger partial charge on any atom is 0.243 e. The van der Waals surface area contributed by atoms with Crippen molar-refractivity contribution in [2.75, 3.05) is 13.2 Å². The van der Waals surface area contributed by atoms with E-state index in [1.54, 1.807) is 12.2 Å². The monoisotopic (exact) mass is 578 g/mol. The summed E-state index contributed by atoms with van der Waals surface area (Å²) in [5.41, 5.74) is 0.919. The Balaban J connectivity index is 1.41. The second-order valence-electron chi connectivity index (χ2n) is 11.8. The van der Waals surface area contributed by atoms with Crippen molar-refractivity contribution in [3.63, 3.8) is 0 Å². The number of carbonyl (C=O) groups is 4. The molecule has 0 spiro atoms. The molecule has 2 aliphatic carbocycles. The third-order valence-electron chi connectivity index (χ3n) is 8.46. The van der Waals surface area contributed by atoms with Gasteiger partial charge < -0.3 is 25.6 Å². The highest BCUT2D eigenvalue weighted by molar-refractivity contribution is 5.95. The number of ether oxygens (including phenoxy) is 1. The van der Waals surface area contributed by atoms with Gasteiger partial charge >= 0.3 is 0 Å². The number of nitrogens with one attached hydrogen (secondary N) is 3. The van der Waals surface area contributed by atoms with Crippen LogP contribution in [0.3, 0.4) is 0 Å². The predicted octanol–water partition coefficient (Wildman–Crippen LogP) is 3.58. The zero-order valence-corrected chi connectivity index (χ0v) is 24.7. The van der Waals surface area contributed by atoms with Gasteiger partial charge in [0, 0.05) is 25.0 Å². The Morgan fingerprint density at radius 3 is 2.45 bits per heavy atom. The number of aryl methyl sites for hydroxylation is 1. The van der Waals surface area contributed by atoms with E-state index in [4.69, 9.17) is 4.74 Å². The minimum atomic E-state index is -1.08. The lowest BCUT2D eigenvalue weighted by atomic mass is 10.1. The fourth-order valence-electron chi connectivity index (χ4n) is 6.09. The van der Waals surface area contributed by atoms with Crippen LogP contribution in [0.1, 0.15) is 76.2 Å². The van der Waals surface area contributed by atoms with E-state index in [1.165, 1.54) is 0 Å². The Bertz CT molecular complexity index is 1130. The maximum absolute atomic E-state index is 13.6. The van der Waals surface area contributed by atoms with Crippen molar-refractivity contribution in [3.8, 4) is 5.75 Å². The summed E-state index contributed by atoms with van der Waals surface area (Å²) in [6.07, 6.45) is 12.1. The molecule has 9 heteroatoms. The first-order chi connectivity index (χ1) is 20.4. The highest BCUT2D eigenvalue weighted by Crippen LogP contribution is 2.40. The van der Waals surface area contributed by atoms with Gasteiger partial charge in [-0.25, -0.2) is 0 Å². The van der Waals surface area contributed by atoms with E-state index >= 15 is 0 Å². The van der Waals surface area contributed by atoms with Gasteiger partial charge in [-0.1, -0.05) is 43.7 Å². The van der Waals surface area contributed by atoms with Crippen LogP contribution in [-0.2, 0) is 25.6 Å². The molecule has 1 heterocycles. The molecular weight excluding hydrogens is 532 g/mol. The lowest BCUT2D eigenvalue weighted by Crippen LogP contribution is -2.55. The fraction of sp³-hybridized carbons (Fsp3) is 0.576. The summed E-state index contributed by atoms with van der Waals surface area (Å²) in [6, 6.07) is 5.91. The van der Waals surface area contributed by atoms with Crippen molar-refractivity contribution >= 4 is 23.6 Å². The first-order valence-electron chi connectivity index (χ1n) is 15.5. The van der Waals surface area contributed by atoms with E-state index in [0.717, 1.165) is 56.9 Å². The summed E-state index contributed by atoms with van der Waals surface area (Å²) in [5, 5.41) is 8.65. The molecule has 0 aromatic heterocycles. The lowest BCUT2D eigenvalue weighted by molar-refractivity contribution is -0.137. The summed E-state index contributed by atoms with van der Waals surface area (Å²) in [7, 11) is 0. The summed E-state index contributed by atoms with van der Waals surface area (Å²) >= 11 is 0. The zero-order chi connectivity index (χ0) is 29.9. The van der Waals surface area contributed by atoms with E-state index in [-0.39, 0.29) is 49.1 Å². The van der Waals surface area contributed by atoms with Crippen LogP contribution in [-0.4, -0.2) is 65.8 Å². The van der Waals surface area contributed by atoms with Gasteiger partial charge in [0.05, 0.1) is 6.42 Å². The molecule has 3 atom stereocenters. The quantitative estimate of drug-likeness (QED) is 0.259. The minimum absolute atomic E-state index is 0.106. The third-order valence-corrected chi connectivity index (χ3v) is 8.46. The first-order valence-corrected chi connectivity index (χ1v) is 15.5. The van der Waals surface area contributed by atoms with Gasteiger partial charge in [0.2, 0.25) is 23.6 Å². The van der Waals surface area contributed by atoms with Crippen molar-refractivity contribution in [1.82, 2.24) is 20.9 Å². The van der Waals surface area contributed by atoms with Crippen LogP contribution in [0.4, 0.5) is 0 Å². The molecule has 1 aromatic rings. The van der Waals surface area contributed by atoms with Gasteiger partial charge in [0.1, 0.15) is 24.4 Å². The Hall–Kier alpha value is -3.62. The molecule has 42 heavy (non-hydrogen) atoms. The smallest absolute Gasteiger partial charge is 0.243 e. The number of hydrogen-bond donors (Lipinski definition) is 3. The first kappa shape index (κ1) is 31.3. The van der Waals surface area contributed by atoms with Gasteiger partial charge in [-0.15, -0.1) is 6.58 Å². The third kappa shape index (κ3) is 9.19. The number of nitrogens with zero attached hydrogens (tertiary/aromatic N) is 1. The second kappa shape index (κ2) is 15.6. The van der Waals surface area contributed by atoms with E-state index in [9.17, 15) is 19.2 Å². The van der Waals surface area contributed by atoms with Gasteiger partial charge in [-0.05, 0) is 75.0 Å². The number of carbonyl (C=O) groups excluding carboxylic acids is 4. The molecule has 3 N–H and O–H groups in total. The largest absolute Gasteiger partial charge is 0.490 e. The van der Waals surface area contributed by atoms with Gasteiger partial charge in [-0.2, -0.15) is 0 Å². The van der Waals surface area contributed by atoms with Crippen LogP contribution in [0.25, 0.3) is 0 Å². The average Bonchev–Trinajstić information content (AvgIpc) is 3.46. The van der Waals surface area contributed by atoms with Crippen LogP contribution in [0.5, 0.6) is 5.75 Å². The number of amides is 4. The van der Waals surface area contributed by atoms with Crippen molar-refractivity contribution in [2.24, 2.45) is 5.92 Å². The second-order valence-corrected chi connectivity index (χ2v) is 11.8. The van der Waals surface area contributed by atoms with Gasteiger partial charge in [-0.3, -0.25) is 19.2 Å². The molecule has 228 valence electrons. The van der Waals surface area contributed by atoms with Crippen molar-refractivity contribution in [1.29, 1.82) is 0 Å². The van der Waals surface area contributed by atoms with Crippen LogP contribution in [0.2, 0.25) is 0 Å². The Labute approximate surface area is 249 Å². The van der Waals surface area contributed by atoms with Crippen LogP contribution in [0.15, 0.2) is 49.6 Å². The average molecular weight is 579 g/mol. The normalized spacial score (nSPS) is 19.9. The Morgan fingerprint density at radius 2 is 1.74 bits per heavy atom. The predicted molar refractivity (Wildman–Crippen MR) is 162 cm³/mol. The van der Waals surface area contributed by atoms with Gasteiger partial charge in [0.15, 0.2) is 0 Å². The number of hydrogen-bond acceptors (Lipinski definition) is 5. The highest BCUT2D eigenvalue weighted by atomic mass is 16.5. The summed E-state index contributed by atoms with van der Waals surface area (Å²) in [4.78, 5) is 55.0. The zero-order valence-electron chi connectivity index (χ0n) is 24.7. The molecule has 1 unspecified atom stereocenters. The maximum atomic E-state index is 13.6. The summed E-state index contributed by atoms with van der Waals surface area (Å²) in [5.74, 6) is -0.0363. The summed E-state index contributed by atoms with van der Waals surface area (Å²) in [6.45, 7) is 8.47. The van der Waals surface area contributed by atoms with Crippen LogP contribution < -0.4 is 20.7 Å². The lowest BCUT2D eigenvalue weighted by Gasteiger charge is -2.28. The Kier molecular flexibility index (Phi) is 11.6. The molecule has 1 saturated heterocycles. The van der Waals surface area contributed by atoms with E-state index in [2.05, 4.69) is 29.1 Å². The number of rotatable bonds is 16. The molecule has 3 fully saturated rings. The molecule has 1 aliphatic heterocycles. The van der Waals surface area contributed by atoms with Crippen molar-refractivity contribution in [2.45, 2.75) is 101 Å². The topological polar surface area (TPSA) is 117 Å². The molecule has 0 bridgehead atoms. The van der Waals surface area contributed by atoms with Crippen molar-refractivity contribution < 1.29 is 23.9 Å². The SMILES string of the molecule is C=CCOc1cccc(CCC(=O)N[C@@H](CC(=O)N2CCCC2C2CC2)C(=O)N[C@@H](CC=C)C(=O)NC2CCCC2)c1. The standard InChI is InChI=1S/C33H46N4O5/c1-3-9-27(32(40)34-25-11-5-6-12-25)36-33(41)28(22-31(39)37-19-8-14-29(37)24-16-17-24)35-30(38)18-15-23-10-7-13-26(21-23)42-20-4-2/h3-4,7,10,13,21,24-25,27-29H,1-2,5-6,8-9,11-12,14-20,22H2,(H,34,40)(H,35,38)(H,36,41)/t27-,28-,29?/m0/s1. The molecule has 4 amide bonds. The number of likely N-dealkylation sites (tertiary alicyclic amines) is 1. The van der Waals surface area contributed by atoms with E-state index < -0.39 is 18.0 Å². The molecule has 2 saturated carbocycles. The molecule has 1 aromatic carbocycles. The number of benzene rings is 1. The van der Waals surface area contributed by atoms with E-state index in [0.29, 0.717) is 31.2 Å². The van der Waals surface area contributed by atoms with Crippen LogP contribution in [0, 0.1) is 5.92 Å². The molecule has 3 aliphatic rings. The molecule has 9 nitrogen and oxygen atoms in total. The minimum Gasteiger partial charge on any atom is -0.490 e.